The molecule has 0 aromatic heterocycles. The number of halogens is 1. The van der Waals surface area contributed by atoms with Gasteiger partial charge in [-0.15, -0.1) is 0 Å². The van der Waals surface area contributed by atoms with Gasteiger partial charge in [0.2, 0.25) is 0 Å². The molecule has 0 bridgehead atoms. The fourth-order valence-electron chi connectivity index (χ4n) is 6.73. The van der Waals surface area contributed by atoms with Gasteiger partial charge in [-0.1, -0.05) is 109 Å². The van der Waals surface area contributed by atoms with Crippen molar-refractivity contribution in [1.29, 1.82) is 0 Å². The van der Waals surface area contributed by atoms with Crippen LogP contribution in [0.4, 0.5) is 5.69 Å². The monoisotopic (exact) mass is 515 g/mol. The Morgan fingerprint density at radius 1 is 0.737 bits per heavy atom. The number of nitrogens with zero attached hydrogens (tertiary/aromatic N) is 1. The zero-order valence-corrected chi connectivity index (χ0v) is 21.0. The van der Waals surface area contributed by atoms with Crippen LogP contribution in [-0.2, 0) is 0 Å². The van der Waals surface area contributed by atoms with Crippen molar-refractivity contribution in [1.82, 2.24) is 0 Å². The largest absolute Gasteiger partial charge is 0.352 e. The number of ketones is 3. The summed E-state index contributed by atoms with van der Waals surface area (Å²) in [5.74, 6) is -1.34. The van der Waals surface area contributed by atoms with Crippen LogP contribution < -0.4 is 4.90 Å². The van der Waals surface area contributed by atoms with Gasteiger partial charge in [0.05, 0.1) is 6.04 Å². The lowest BCUT2D eigenvalue weighted by molar-refractivity contribution is 0.0666. The maximum absolute atomic E-state index is 14.5. The summed E-state index contributed by atoms with van der Waals surface area (Å²) in [6.07, 6.45) is 3.90. The second kappa shape index (κ2) is 8.37. The van der Waals surface area contributed by atoms with Crippen LogP contribution in [0.2, 0.25) is 5.02 Å². The number of carbonyl (C=O) groups is 3. The van der Waals surface area contributed by atoms with Gasteiger partial charge in [0, 0.05) is 33.3 Å². The highest BCUT2D eigenvalue weighted by atomic mass is 35.5. The van der Waals surface area contributed by atoms with E-state index < -0.39 is 23.4 Å². The summed E-state index contributed by atoms with van der Waals surface area (Å²) in [5.41, 5.74) is 2.37. The molecular weight excluding hydrogens is 494 g/mol. The van der Waals surface area contributed by atoms with E-state index in [2.05, 4.69) is 0 Å². The molecule has 3 atom stereocenters. The van der Waals surface area contributed by atoms with Crippen LogP contribution >= 0.6 is 11.6 Å². The van der Waals surface area contributed by atoms with E-state index >= 15 is 0 Å². The Morgan fingerprint density at radius 2 is 1.34 bits per heavy atom. The predicted octanol–water partition coefficient (Wildman–Crippen LogP) is 6.66. The van der Waals surface area contributed by atoms with E-state index in [4.69, 9.17) is 11.6 Å². The molecule has 0 saturated carbocycles. The lowest BCUT2D eigenvalue weighted by Crippen LogP contribution is -2.48. The molecular formula is C33H22ClNO3. The number of para-hydroxylation sites is 1. The fourth-order valence-corrected chi connectivity index (χ4v) is 6.86. The molecule has 1 saturated heterocycles. The molecule has 7 rings (SSSR count). The van der Waals surface area contributed by atoms with E-state index in [1.807, 2.05) is 71.6 Å². The first kappa shape index (κ1) is 22.9. The van der Waals surface area contributed by atoms with Gasteiger partial charge < -0.3 is 4.90 Å². The summed E-state index contributed by atoms with van der Waals surface area (Å²) < 4.78 is 0. The third kappa shape index (κ3) is 2.95. The van der Waals surface area contributed by atoms with Crippen LogP contribution in [0, 0.1) is 5.41 Å². The summed E-state index contributed by atoms with van der Waals surface area (Å²) in [5, 5.41) is 0.544. The number of hydrogen-bond donors (Lipinski definition) is 0. The molecule has 38 heavy (non-hydrogen) atoms. The molecule has 0 radical (unpaired) electrons. The van der Waals surface area contributed by atoms with Crippen LogP contribution in [0.15, 0.2) is 109 Å². The topological polar surface area (TPSA) is 54.5 Å². The fraction of sp³-hybridized carbons (Fsp3) is 0.121. The number of Topliss-reactive ketones (excluding diaryl/α,β-unsaturated/α-hetero) is 3. The molecule has 0 amide bonds. The Morgan fingerprint density at radius 3 is 2.03 bits per heavy atom. The van der Waals surface area contributed by atoms with Crippen molar-refractivity contribution < 1.29 is 14.4 Å². The molecule has 4 nitrogen and oxygen atoms in total. The van der Waals surface area contributed by atoms with Gasteiger partial charge in [-0.05, 0) is 29.3 Å². The molecule has 184 valence electrons. The molecule has 1 aliphatic carbocycles. The van der Waals surface area contributed by atoms with Gasteiger partial charge in [-0.3, -0.25) is 14.4 Å². The van der Waals surface area contributed by atoms with E-state index in [1.165, 1.54) is 0 Å². The number of hydrogen-bond acceptors (Lipinski definition) is 4. The number of fused-ring (bicyclic) bond motifs is 5. The summed E-state index contributed by atoms with van der Waals surface area (Å²) in [4.78, 5) is 45.6. The smallest absolute Gasteiger partial charge is 0.185 e. The first-order chi connectivity index (χ1) is 18.5. The summed E-state index contributed by atoms with van der Waals surface area (Å²) in [7, 11) is 0. The normalized spacial score (nSPS) is 22.3. The van der Waals surface area contributed by atoms with Crippen molar-refractivity contribution in [3.63, 3.8) is 0 Å². The van der Waals surface area contributed by atoms with Crippen molar-refractivity contribution in [2.45, 2.75) is 18.0 Å². The van der Waals surface area contributed by atoms with Crippen molar-refractivity contribution in [3.05, 3.63) is 142 Å². The highest BCUT2D eigenvalue weighted by Gasteiger charge is 2.71. The molecule has 3 aliphatic rings. The van der Waals surface area contributed by atoms with Crippen LogP contribution in [0.5, 0.6) is 0 Å². The molecule has 3 unspecified atom stereocenters. The quantitative estimate of drug-likeness (QED) is 0.226. The molecule has 2 heterocycles. The van der Waals surface area contributed by atoms with Crippen LogP contribution in [0.1, 0.15) is 48.1 Å². The maximum Gasteiger partial charge on any atom is 0.185 e. The molecule has 1 spiro atoms. The lowest BCUT2D eigenvalue weighted by Gasteiger charge is -2.37. The molecule has 2 aliphatic heterocycles. The number of anilines is 1. The van der Waals surface area contributed by atoms with Crippen molar-refractivity contribution in [3.8, 4) is 0 Å². The summed E-state index contributed by atoms with van der Waals surface area (Å²) in [6.45, 7) is 0. The minimum Gasteiger partial charge on any atom is -0.352 e. The summed E-state index contributed by atoms with van der Waals surface area (Å²) >= 11 is 6.26. The number of benzene rings is 4. The van der Waals surface area contributed by atoms with Gasteiger partial charge in [0.25, 0.3) is 0 Å². The maximum atomic E-state index is 14.5. The molecule has 4 aromatic carbocycles. The van der Waals surface area contributed by atoms with Crippen molar-refractivity contribution >= 4 is 40.7 Å². The average Bonchev–Trinajstić information content (AvgIpc) is 3.40. The van der Waals surface area contributed by atoms with Gasteiger partial charge in [-0.2, -0.15) is 0 Å². The highest BCUT2D eigenvalue weighted by Crippen LogP contribution is 2.60. The first-order valence-corrected chi connectivity index (χ1v) is 13.0. The Kier molecular flexibility index (Phi) is 5.04. The third-order valence-electron chi connectivity index (χ3n) is 8.27. The van der Waals surface area contributed by atoms with Gasteiger partial charge in [-0.25, -0.2) is 0 Å². The van der Waals surface area contributed by atoms with Crippen molar-refractivity contribution in [2.75, 3.05) is 4.90 Å². The minimum absolute atomic E-state index is 0.130. The highest BCUT2D eigenvalue weighted by molar-refractivity contribution is 6.32. The van der Waals surface area contributed by atoms with E-state index in [0.717, 1.165) is 16.8 Å². The molecule has 1 fully saturated rings. The number of carbonyl (C=O) groups excluding carboxylic acids is 3. The van der Waals surface area contributed by atoms with E-state index in [1.54, 1.807) is 48.5 Å². The Balaban J connectivity index is 1.55. The molecule has 4 aromatic rings. The molecule has 5 heteroatoms. The van der Waals surface area contributed by atoms with E-state index in [-0.39, 0.29) is 17.3 Å². The standard InChI is InChI=1S/C33H22ClNO3/c34-23-17-14-21(15-18-23)28-29(30(36)22-9-2-1-3-10-22)35-26-13-7-4-8-20(26)16-19-27(35)33(28)31(37)24-11-5-6-12-25(24)32(33)38/h1-19,27-29H. The van der Waals surface area contributed by atoms with Crippen LogP contribution in [0.3, 0.4) is 0 Å². The second-order valence-corrected chi connectivity index (χ2v) is 10.5. The van der Waals surface area contributed by atoms with Crippen LogP contribution in [0.25, 0.3) is 6.08 Å². The zero-order chi connectivity index (χ0) is 26.0. The Labute approximate surface area is 225 Å². The van der Waals surface area contributed by atoms with Gasteiger partial charge in [0.1, 0.15) is 11.5 Å². The predicted molar refractivity (Wildman–Crippen MR) is 148 cm³/mol. The average molecular weight is 516 g/mol. The third-order valence-corrected chi connectivity index (χ3v) is 8.52. The first-order valence-electron chi connectivity index (χ1n) is 12.6. The zero-order valence-electron chi connectivity index (χ0n) is 20.3. The molecule has 0 N–H and O–H groups in total. The summed E-state index contributed by atoms with van der Waals surface area (Å²) in [6, 6.07) is 29.7. The Bertz CT molecular complexity index is 1620. The lowest BCUT2D eigenvalue weighted by atomic mass is 9.64. The van der Waals surface area contributed by atoms with Gasteiger partial charge >= 0.3 is 0 Å². The number of rotatable bonds is 3. The van der Waals surface area contributed by atoms with Crippen LogP contribution in [-0.4, -0.2) is 29.4 Å². The minimum atomic E-state index is -1.50. The van der Waals surface area contributed by atoms with E-state index in [0.29, 0.717) is 21.7 Å². The Hall–Kier alpha value is -4.28. The van der Waals surface area contributed by atoms with E-state index in [9.17, 15) is 14.4 Å². The SMILES string of the molecule is O=C(c1ccccc1)C1C(c2ccc(Cl)cc2)C2(C(=O)c3ccccc3C2=O)C2C=Cc3ccccc3N12. The van der Waals surface area contributed by atoms with Crippen molar-refractivity contribution in [2.24, 2.45) is 5.41 Å². The van der Waals surface area contributed by atoms with Gasteiger partial charge in [0.15, 0.2) is 17.3 Å². The second-order valence-electron chi connectivity index (χ2n) is 10.0.